The molecule has 7 nitrogen and oxygen atoms in total. The number of carbonyl (C=O) groups is 1. The quantitative estimate of drug-likeness (QED) is 0.583. The topological polar surface area (TPSA) is 57.0 Å². The summed E-state index contributed by atoms with van der Waals surface area (Å²) in [6.07, 6.45) is 4.06. The summed E-state index contributed by atoms with van der Waals surface area (Å²) >= 11 is 0. The summed E-state index contributed by atoms with van der Waals surface area (Å²) in [5.74, 6) is 0.357. The first-order chi connectivity index (χ1) is 16.1. The second kappa shape index (κ2) is 8.38. The summed E-state index contributed by atoms with van der Waals surface area (Å²) in [6.45, 7) is 11.3. The minimum Gasteiger partial charge on any atom is -0.339 e. The normalized spacial score (nSPS) is 18.0. The molecule has 1 amide bonds. The van der Waals surface area contributed by atoms with Crippen LogP contribution >= 0.6 is 0 Å². The zero-order valence-corrected chi connectivity index (χ0v) is 21.2. The Balaban J connectivity index is 1.44. The van der Waals surface area contributed by atoms with E-state index in [1.807, 2.05) is 35.6 Å². The first-order valence-corrected chi connectivity index (χ1v) is 12.3. The van der Waals surface area contributed by atoms with Crippen LogP contribution in [0.2, 0.25) is 0 Å². The average Bonchev–Trinajstić information content (AvgIpc) is 3.16. The van der Waals surface area contributed by atoms with Gasteiger partial charge in [0.05, 0.1) is 35.2 Å². The predicted octanol–water partition coefficient (Wildman–Crippen LogP) is 4.23. The van der Waals surface area contributed by atoms with Crippen molar-refractivity contribution in [2.45, 2.75) is 46.6 Å². The van der Waals surface area contributed by atoms with Crippen molar-refractivity contribution < 1.29 is 4.79 Å². The second-order valence-electron chi connectivity index (χ2n) is 11.1. The van der Waals surface area contributed by atoms with E-state index in [0.717, 1.165) is 55.2 Å². The Bertz CT molecular complexity index is 1200. The number of aryl methyl sites for hydroxylation is 2. The van der Waals surface area contributed by atoms with Crippen molar-refractivity contribution in [2.75, 3.05) is 38.6 Å². The molecule has 34 heavy (non-hydrogen) atoms. The lowest BCUT2D eigenvalue weighted by Crippen LogP contribution is -2.53. The van der Waals surface area contributed by atoms with Crippen molar-refractivity contribution >= 4 is 22.9 Å². The van der Waals surface area contributed by atoms with Gasteiger partial charge in [0.15, 0.2) is 5.65 Å². The zero-order chi connectivity index (χ0) is 24.2. The number of aromatic nitrogens is 3. The van der Waals surface area contributed by atoms with Crippen LogP contribution in [0.25, 0.3) is 5.65 Å². The molecule has 2 aliphatic heterocycles. The van der Waals surface area contributed by atoms with Gasteiger partial charge in [0, 0.05) is 38.4 Å². The smallest absolute Gasteiger partial charge is 0.228 e. The van der Waals surface area contributed by atoms with Crippen LogP contribution in [0, 0.1) is 18.3 Å². The van der Waals surface area contributed by atoms with Gasteiger partial charge in [0.25, 0.3) is 0 Å². The van der Waals surface area contributed by atoms with Crippen LogP contribution in [-0.4, -0.2) is 64.0 Å². The second-order valence-corrected chi connectivity index (χ2v) is 11.1. The van der Waals surface area contributed by atoms with E-state index in [-0.39, 0.29) is 23.3 Å². The Morgan fingerprint density at radius 3 is 2.53 bits per heavy atom. The highest BCUT2D eigenvalue weighted by atomic mass is 16.2. The molecule has 5 rings (SSSR count). The molecule has 0 spiro atoms. The largest absolute Gasteiger partial charge is 0.339 e. The number of hydrogen-bond acceptors (Lipinski definition) is 5. The van der Waals surface area contributed by atoms with Crippen molar-refractivity contribution in [3.8, 4) is 0 Å². The number of benzene rings is 1. The van der Waals surface area contributed by atoms with Crippen molar-refractivity contribution in [1.29, 1.82) is 0 Å². The van der Waals surface area contributed by atoms with Gasteiger partial charge in [-0.3, -0.25) is 4.79 Å². The average molecular weight is 461 g/mol. The Labute approximate surface area is 202 Å². The highest BCUT2D eigenvalue weighted by Crippen LogP contribution is 2.40. The number of amides is 1. The standard InChI is InChI=1S/C27H36N6O/c1-18-14-24-28-15-23-22(33(24)29-18)8-7-13-32(23)21-11-9-19(10-12-21)25(27(2,3)4)31(6)26(34)20-16-30(5)17-20/h9-12,14-15,20,25H,7-8,13,16-17H2,1-6H3/t25-/m0/s1. The molecule has 0 aliphatic carbocycles. The number of rotatable bonds is 4. The first kappa shape index (κ1) is 22.8. The number of carbonyl (C=O) groups excluding carboxylic acids is 1. The van der Waals surface area contributed by atoms with Crippen LogP contribution in [0.3, 0.4) is 0 Å². The summed E-state index contributed by atoms with van der Waals surface area (Å²) < 4.78 is 2.00. The number of likely N-dealkylation sites (tertiary alicyclic amines) is 1. The van der Waals surface area contributed by atoms with Gasteiger partial charge in [0.1, 0.15) is 0 Å². The molecule has 0 bridgehead atoms. The fourth-order valence-corrected chi connectivity index (χ4v) is 5.75. The molecule has 1 fully saturated rings. The van der Waals surface area contributed by atoms with Gasteiger partial charge in [-0.15, -0.1) is 0 Å². The third-order valence-corrected chi connectivity index (χ3v) is 7.26. The monoisotopic (exact) mass is 460 g/mol. The van der Waals surface area contributed by atoms with E-state index in [1.165, 1.54) is 11.3 Å². The Hall–Kier alpha value is -2.93. The van der Waals surface area contributed by atoms with E-state index >= 15 is 0 Å². The summed E-state index contributed by atoms with van der Waals surface area (Å²) in [5.41, 5.74) is 6.49. The molecule has 180 valence electrons. The van der Waals surface area contributed by atoms with Gasteiger partial charge in [0.2, 0.25) is 5.91 Å². The van der Waals surface area contributed by atoms with Crippen molar-refractivity contribution in [1.82, 2.24) is 24.4 Å². The molecule has 2 aliphatic rings. The minimum absolute atomic E-state index is 0.0157. The molecule has 1 aromatic carbocycles. The van der Waals surface area contributed by atoms with Crippen LogP contribution in [0.1, 0.15) is 50.2 Å². The number of hydrogen-bond donors (Lipinski definition) is 0. The van der Waals surface area contributed by atoms with Gasteiger partial charge >= 0.3 is 0 Å². The highest BCUT2D eigenvalue weighted by Gasteiger charge is 2.38. The Kier molecular flexibility index (Phi) is 5.63. The minimum atomic E-state index is -0.0766. The lowest BCUT2D eigenvalue weighted by Gasteiger charge is -2.43. The highest BCUT2D eigenvalue weighted by molar-refractivity contribution is 5.80. The van der Waals surface area contributed by atoms with Crippen molar-refractivity contribution in [3.63, 3.8) is 0 Å². The summed E-state index contributed by atoms with van der Waals surface area (Å²) in [4.78, 5) is 24.3. The molecule has 3 aromatic rings. The first-order valence-electron chi connectivity index (χ1n) is 12.3. The maximum absolute atomic E-state index is 13.2. The fourth-order valence-electron chi connectivity index (χ4n) is 5.75. The van der Waals surface area contributed by atoms with Crippen LogP contribution in [-0.2, 0) is 11.2 Å². The van der Waals surface area contributed by atoms with E-state index in [0.29, 0.717) is 0 Å². The van der Waals surface area contributed by atoms with Crippen LogP contribution in [0.4, 0.5) is 11.4 Å². The van der Waals surface area contributed by atoms with Gasteiger partial charge in [-0.05, 0) is 49.9 Å². The van der Waals surface area contributed by atoms with Gasteiger partial charge in [-0.1, -0.05) is 32.9 Å². The molecule has 1 saturated heterocycles. The van der Waals surface area contributed by atoms with Crippen LogP contribution in [0.5, 0.6) is 0 Å². The Morgan fingerprint density at radius 2 is 1.88 bits per heavy atom. The van der Waals surface area contributed by atoms with E-state index in [9.17, 15) is 4.79 Å². The molecule has 2 aromatic heterocycles. The summed E-state index contributed by atoms with van der Waals surface area (Å²) in [6, 6.07) is 10.8. The van der Waals surface area contributed by atoms with Crippen molar-refractivity contribution in [2.24, 2.45) is 11.3 Å². The third-order valence-electron chi connectivity index (χ3n) is 7.26. The van der Waals surface area contributed by atoms with Crippen molar-refractivity contribution in [3.05, 3.63) is 53.5 Å². The molecule has 1 atom stereocenters. The molecular formula is C27H36N6O. The third kappa shape index (κ3) is 3.96. The number of anilines is 2. The summed E-state index contributed by atoms with van der Waals surface area (Å²) in [5, 5.41) is 4.67. The molecule has 0 saturated carbocycles. The molecule has 0 N–H and O–H groups in total. The van der Waals surface area contributed by atoms with Crippen LogP contribution < -0.4 is 4.90 Å². The van der Waals surface area contributed by atoms with E-state index < -0.39 is 0 Å². The van der Waals surface area contributed by atoms with Gasteiger partial charge < -0.3 is 14.7 Å². The summed E-state index contributed by atoms with van der Waals surface area (Å²) in [7, 11) is 4.03. The van der Waals surface area contributed by atoms with Gasteiger partial charge in [-0.25, -0.2) is 9.50 Å². The number of nitrogens with zero attached hydrogens (tertiary/aromatic N) is 6. The molecule has 0 unspecified atom stereocenters. The van der Waals surface area contributed by atoms with Crippen LogP contribution in [0.15, 0.2) is 36.5 Å². The number of fused-ring (bicyclic) bond motifs is 3. The van der Waals surface area contributed by atoms with E-state index in [4.69, 9.17) is 0 Å². The fraction of sp³-hybridized carbons (Fsp3) is 0.519. The van der Waals surface area contributed by atoms with E-state index in [1.54, 1.807) is 0 Å². The lowest BCUT2D eigenvalue weighted by atomic mass is 9.80. The lowest BCUT2D eigenvalue weighted by molar-refractivity contribution is -0.143. The Morgan fingerprint density at radius 1 is 1.18 bits per heavy atom. The molecular weight excluding hydrogens is 424 g/mol. The molecule has 0 radical (unpaired) electrons. The maximum Gasteiger partial charge on any atom is 0.228 e. The molecule has 4 heterocycles. The molecule has 7 heteroatoms. The zero-order valence-electron chi connectivity index (χ0n) is 21.2. The van der Waals surface area contributed by atoms with E-state index in [2.05, 4.69) is 72.0 Å². The van der Waals surface area contributed by atoms with Gasteiger partial charge in [-0.2, -0.15) is 5.10 Å². The SMILES string of the molecule is Cc1cc2ncc3c(n2n1)CCCN3c1ccc([C@H](N(C)C(=O)C2CN(C)C2)C(C)(C)C)cc1. The maximum atomic E-state index is 13.2. The predicted molar refractivity (Wildman–Crippen MR) is 135 cm³/mol.